The number of piperidine rings is 1. The molecule has 2 rings (SSSR count). The molecule has 120 valence electrons. The van der Waals surface area contributed by atoms with Crippen LogP contribution >= 0.6 is 27.3 Å². The predicted molar refractivity (Wildman–Crippen MR) is 83.4 cm³/mol. The molecule has 2 heterocycles. The third-order valence-electron chi connectivity index (χ3n) is 4.07. The largest absolute Gasteiger partial charge is 0.393 e. The van der Waals surface area contributed by atoms with Crippen LogP contribution in [0.5, 0.6) is 0 Å². The lowest BCUT2D eigenvalue weighted by molar-refractivity contribution is -0.189. The van der Waals surface area contributed by atoms with Crippen LogP contribution in [0.15, 0.2) is 15.9 Å². The SMILES string of the molecule is CCC(N)C(c1cc(Br)cs1)N1CCCC(C(F)(F)F)C1. The second kappa shape index (κ2) is 6.98. The van der Waals surface area contributed by atoms with Crippen molar-refractivity contribution < 1.29 is 13.2 Å². The van der Waals surface area contributed by atoms with E-state index in [1.807, 2.05) is 23.3 Å². The highest BCUT2D eigenvalue weighted by molar-refractivity contribution is 9.10. The summed E-state index contributed by atoms with van der Waals surface area (Å²) in [5.41, 5.74) is 6.21. The van der Waals surface area contributed by atoms with E-state index in [9.17, 15) is 13.2 Å². The topological polar surface area (TPSA) is 29.3 Å². The van der Waals surface area contributed by atoms with Crippen molar-refractivity contribution in [1.29, 1.82) is 0 Å². The van der Waals surface area contributed by atoms with E-state index in [0.29, 0.717) is 13.0 Å². The zero-order valence-corrected chi connectivity index (χ0v) is 14.3. The number of nitrogens with zero attached hydrogens (tertiary/aromatic N) is 1. The zero-order valence-electron chi connectivity index (χ0n) is 11.9. The Balaban J connectivity index is 2.20. The molecular weight excluding hydrogens is 365 g/mol. The molecule has 0 saturated carbocycles. The maximum absolute atomic E-state index is 13.0. The van der Waals surface area contributed by atoms with E-state index < -0.39 is 12.1 Å². The van der Waals surface area contributed by atoms with Gasteiger partial charge in [-0.2, -0.15) is 13.2 Å². The van der Waals surface area contributed by atoms with Gasteiger partial charge in [-0.1, -0.05) is 6.92 Å². The first kappa shape index (κ1) is 17.2. The van der Waals surface area contributed by atoms with Gasteiger partial charge in [-0.05, 0) is 47.8 Å². The molecule has 0 bridgehead atoms. The van der Waals surface area contributed by atoms with E-state index in [0.717, 1.165) is 15.8 Å². The van der Waals surface area contributed by atoms with Crippen LogP contribution in [-0.2, 0) is 0 Å². The Morgan fingerprint density at radius 3 is 2.76 bits per heavy atom. The number of hydrogen-bond acceptors (Lipinski definition) is 3. The molecule has 3 unspecified atom stereocenters. The van der Waals surface area contributed by atoms with Gasteiger partial charge < -0.3 is 5.73 Å². The summed E-state index contributed by atoms with van der Waals surface area (Å²) in [7, 11) is 0. The average Bonchev–Trinajstić information content (AvgIpc) is 2.84. The maximum atomic E-state index is 13.0. The Morgan fingerprint density at radius 1 is 1.52 bits per heavy atom. The second-order valence-electron chi connectivity index (χ2n) is 5.56. The molecular formula is C14H20BrF3N2S. The fourth-order valence-corrected chi connectivity index (χ4v) is 4.55. The first-order valence-electron chi connectivity index (χ1n) is 7.13. The van der Waals surface area contributed by atoms with Gasteiger partial charge >= 0.3 is 6.18 Å². The summed E-state index contributed by atoms with van der Waals surface area (Å²) in [6.07, 6.45) is -2.57. The Morgan fingerprint density at radius 2 is 2.24 bits per heavy atom. The van der Waals surface area contributed by atoms with Crippen molar-refractivity contribution in [1.82, 2.24) is 4.90 Å². The molecule has 0 amide bonds. The number of thiophene rings is 1. The zero-order chi connectivity index (χ0) is 15.6. The standard InChI is InChI=1S/C14H20BrF3N2S/c1-2-11(19)13(12-6-10(15)8-21-12)20-5-3-4-9(7-20)14(16,17)18/h6,8-9,11,13H,2-5,7,19H2,1H3. The molecule has 21 heavy (non-hydrogen) atoms. The lowest BCUT2D eigenvalue weighted by atomic mass is 9.93. The quantitative estimate of drug-likeness (QED) is 0.823. The summed E-state index contributed by atoms with van der Waals surface area (Å²) in [4.78, 5) is 2.97. The molecule has 2 N–H and O–H groups in total. The minimum atomic E-state index is -4.12. The Labute approximate surface area is 135 Å². The minimum absolute atomic E-state index is 0.0530. The summed E-state index contributed by atoms with van der Waals surface area (Å²) in [5.74, 6) is -1.23. The molecule has 1 saturated heterocycles. The maximum Gasteiger partial charge on any atom is 0.393 e. The van der Waals surface area contributed by atoms with Crippen molar-refractivity contribution in [3.8, 4) is 0 Å². The summed E-state index contributed by atoms with van der Waals surface area (Å²) in [5, 5.41) is 1.95. The summed E-state index contributed by atoms with van der Waals surface area (Å²) >= 11 is 4.96. The molecule has 1 aromatic rings. The molecule has 3 atom stereocenters. The predicted octanol–water partition coefficient (Wildman–Crippen LogP) is 4.56. The normalized spacial score (nSPS) is 24.0. The molecule has 0 aromatic carbocycles. The van der Waals surface area contributed by atoms with Gasteiger partial charge in [-0.15, -0.1) is 11.3 Å². The first-order valence-corrected chi connectivity index (χ1v) is 8.80. The molecule has 2 nitrogen and oxygen atoms in total. The van der Waals surface area contributed by atoms with Crippen LogP contribution in [0.1, 0.15) is 37.1 Å². The molecule has 1 aliphatic heterocycles. The summed E-state index contributed by atoms with van der Waals surface area (Å²) in [6.45, 7) is 2.71. The molecule has 0 radical (unpaired) electrons. The van der Waals surface area contributed by atoms with Crippen molar-refractivity contribution in [3.63, 3.8) is 0 Å². The fourth-order valence-electron chi connectivity index (χ4n) is 2.89. The van der Waals surface area contributed by atoms with Crippen molar-refractivity contribution in [2.24, 2.45) is 11.7 Å². The van der Waals surface area contributed by atoms with Crippen LogP contribution in [0.25, 0.3) is 0 Å². The van der Waals surface area contributed by atoms with Gasteiger partial charge in [-0.25, -0.2) is 0 Å². The fraction of sp³-hybridized carbons (Fsp3) is 0.714. The molecule has 0 spiro atoms. The van der Waals surface area contributed by atoms with E-state index in [1.165, 1.54) is 0 Å². The summed E-state index contributed by atoms with van der Waals surface area (Å²) in [6, 6.07) is 1.70. The van der Waals surface area contributed by atoms with Crippen molar-refractivity contribution in [3.05, 3.63) is 20.8 Å². The number of likely N-dealkylation sites (tertiary alicyclic amines) is 1. The third kappa shape index (κ3) is 4.21. The molecule has 1 aromatic heterocycles. The number of rotatable bonds is 4. The lowest BCUT2D eigenvalue weighted by Gasteiger charge is -2.40. The highest BCUT2D eigenvalue weighted by atomic mass is 79.9. The molecule has 1 fully saturated rings. The Kier molecular flexibility index (Phi) is 5.73. The monoisotopic (exact) mass is 384 g/mol. The van der Waals surface area contributed by atoms with Crippen LogP contribution in [0.2, 0.25) is 0 Å². The second-order valence-corrected chi connectivity index (χ2v) is 7.42. The van der Waals surface area contributed by atoms with Gasteiger partial charge in [0.05, 0.1) is 12.0 Å². The van der Waals surface area contributed by atoms with Crippen LogP contribution in [0.3, 0.4) is 0 Å². The van der Waals surface area contributed by atoms with Crippen LogP contribution in [-0.4, -0.2) is 30.2 Å². The van der Waals surface area contributed by atoms with Crippen molar-refractivity contribution >= 4 is 27.3 Å². The van der Waals surface area contributed by atoms with Crippen LogP contribution < -0.4 is 5.73 Å². The van der Waals surface area contributed by atoms with Crippen LogP contribution in [0.4, 0.5) is 13.2 Å². The lowest BCUT2D eigenvalue weighted by Crippen LogP contribution is -2.48. The van der Waals surface area contributed by atoms with Gasteiger partial charge in [0.1, 0.15) is 0 Å². The number of halogens is 4. The van der Waals surface area contributed by atoms with Gasteiger partial charge in [0.15, 0.2) is 0 Å². The van der Waals surface area contributed by atoms with Crippen molar-refractivity contribution in [2.75, 3.05) is 13.1 Å². The number of nitrogens with two attached hydrogens (primary N) is 1. The summed E-state index contributed by atoms with van der Waals surface area (Å²) < 4.78 is 40.0. The van der Waals surface area contributed by atoms with Gasteiger partial charge in [0, 0.05) is 27.3 Å². The van der Waals surface area contributed by atoms with Gasteiger partial charge in [0.25, 0.3) is 0 Å². The van der Waals surface area contributed by atoms with Crippen molar-refractivity contribution in [2.45, 2.75) is 44.4 Å². The third-order valence-corrected chi connectivity index (χ3v) is 5.83. The highest BCUT2D eigenvalue weighted by Crippen LogP contribution is 2.39. The van der Waals surface area contributed by atoms with Gasteiger partial charge in [0.2, 0.25) is 0 Å². The Bertz CT molecular complexity index is 463. The number of hydrogen-bond donors (Lipinski definition) is 1. The molecule has 7 heteroatoms. The van der Waals surface area contributed by atoms with Gasteiger partial charge in [-0.3, -0.25) is 4.90 Å². The van der Waals surface area contributed by atoms with E-state index in [1.54, 1.807) is 11.3 Å². The highest BCUT2D eigenvalue weighted by Gasteiger charge is 2.43. The van der Waals surface area contributed by atoms with E-state index in [2.05, 4.69) is 15.9 Å². The Hall–Kier alpha value is -0.110. The minimum Gasteiger partial charge on any atom is -0.326 e. The van der Waals surface area contributed by atoms with E-state index in [4.69, 9.17) is 5.73 Å². The van der Waals surface area contributed by atoms with Crippen LogP contribution in [0, 0.1) is 5.92 Å². The molecule has 0 aliphatic carbocycles. The van der Waals surface area contributed by atoms with E-state index >= 15 is 0 Å². The first-order chi connectivity index (χ1) is 9.82. The smallest absolute Gasteiger partial charge is 0.326 e. The van der Waals surface area contributed by atoms with E-state index in [-0.39, 0.29) is 25.0 Å². The molecule has 1 aliphatic rings. The average molecular weight is 385 g/mol. The number of alkyl halides is 3.